The summed E-state index contributed by atoms with van der Waals surface area (Å²) < 4.78 is 4.78. The number of methoxy groups -OCH3 is 1. The number of esters is 1. The number of carbonyl (C=O) groups excluding carboxylic acids is 1. The van der Waals surface area contributed by atoms with Crippen molar-refractivity contribution in [3.05, 3.63) is 12.2 Å². The molecule has 1 saturated heterocycles. The van der Waals surface area contributed by atoms with Gasteiger partial charge in [-0.25, -0.2) is 0 Å². The lowest BCUT2D eigenvalue weighted by Crippen LogP contribution is -2.43. The fraction of sp³-hybridized carbons (Fsp3) is 0.700. The summed E-state index contributed by atoms with van der Waals surface area (Å²) in [5.74, 6) is -0.143. The maximum Gasteiger partial charge on any atom is 0.310 e. The van der Waals surface area contributed by atoms with Crippen LogP contribution >= 0.6 is 0 Å². The quantitative estimate of drug-likeness (QED) is 0.481. The van der Waals surface area contributed by atoms with Gasteiger partial charge in [0.1, 0.15) is 0 Å². The van der Waals surface area contributed by atoms with Crippen LogP contribution in [0.1, 0.15) is 20.3 Å². The second-order valence-corrected chi connectivity index (χ2v) is 4.44. The first-order valence-corrected chi connectivity index (χ1v) is 4.57. The van der Waals surface area contributed by atoms with Crippen molar-refractivity contribution in [2.45, 2.75) is 31.3 Å². The van der Waals surface area contributed by atoms with E-state index in [4.69, 9.17) is 4.74 Å². The highest BCUT2D eigenvalue weighted by Gasteiger charge is 2.54. The SMILES string of the molecule is COC(=O)C1CC2(C)C=CC1(C)N2. The lowest BCUT2D eigenvalue weighted by Gasteiger charge is -2.24. The molecule has 72 valence electrons. The minimum absolute atomic E-state index is 0.00634. The molecule has 1 fully saturated rings. The molecule has 2 aliphatic heterocycles. The van der Waals surface area contributed by atoms with Crippen LogP contribution in [-0.4, -0.2) is 24.2 Å². The maximum absolute atomic E-state index is 11.5. The predicted octanol–water partition coefficient (Wildman–Crippen LogP) is 0.856. The molecule has 0 radical (unpaired) electrons. The minimum Gasteiger partial charge on any atom is -0.469 e. The molecule has 3 heteroatoms. The number of hydrogen-bond acceptors (Lipinski definition) is 3. The average molecular weight is 181 g/mol. The Kier molecular flexibility index (Phi) is 1.58. The summed E-state index contributed by atoms with van der Waals surface area (Å²) >= 11 is 0. The summed E-state index contributed by atoms with van der Waals surface area (Å²) in [6.07, 6.45) is 5.07. The third-order valence-electron chi connectivity index (χ3n) is 3.19. The van der Waals surface area contributed by atoms with E-state index in [0.717, 1.165) is 6.42 Å². The van der Waals surface area contributed by atoms with Crippen molar-refractivity contribution < 1.29 is 9.53 Å². The molecule has 0 aromatic carbocycles. The van der Waals surface area contributed by atoms with E-state index < -0.39 is 0 Å². The Hall–Kier alpha value is -0.830. The van der Waals surface area contributed by atoms with Crippen LogP contribution < -0.4 is 5.32 Å². The first-order valence-electron chi connectivity index (χ1n) is 4.57. The fourth-order valence-electron chi connectivity index (χ4n) is 2.48. The van der Waals surface area contributed by atoms with Crippen LogP contribution in [-0.2, 0) is 9.53 Å². The van der Waals surface area contributed by atoms with Crippen molar-refractivity contribution in [3.63, 3.8) is 0 Å². The first-order chi connectivity index (χ1) is 5.99. The molecule has 0 aromatic rings. The van der Waals surface area contributed by atoms with Crippen molar-refractivity contribution in [2.75, 3.05) is 7.11 Å². The molecule has 1 N–H and O–H groups in total. The van der Waals surface area contributed by atoms with Gasteiger partial charge in [-0.2, -0.15) is 0 Å². The molecular formula is C10H15NO2. The number of fused-ring (bicyclic) bond motifs is 2. The third kappa shape index (κ3) is 1.10. The molecule has 2 heterocycles. The van der Waals surface area contributed by atoms with Gasteiger partial charge in [-0.3, -0.25) is 10.1 Å². The van der Waals surface area contributed by atoms with E-state index in [1.165, 1.54) is 7.11 Å². The van der Waals surface area contributed by atoms with E-state index >= 15 is 0 Å². The van der Waals surface area contributed by atoms with Gasteiger partial charge in [-0.15, -0.1) is 0 Å². The van der Waals surface area contributed by atoms with Gasteiger partial charge in [-0.05, 0) is 20.3 Å². The van der Waals surface area contributed by atoms with E-state index in [9.17, 15) is 4.79 Å². The van der Waals surface area contributed by atoms with E-state index in [1.807, 2.05) is 6.92 Å². The minimum atomic E-state index is -0.193. The molecule has 0 spiro atoms. The second kappa shape index (κ2) is 2.35. The van der Waals surface area contributed by atoms with E-state index in [0.29, 0.717) is 0 Å². The molecule has 0 saturated carbocycles. The Morgan fingerprint density at radius 1 is 1.54 bits per heavy atom. The van der Waals surface area contributed by atoms with Crippen molar-refractivity contribution >= 4 is 5.97 Å². The fourth-order valence-corrected chi connectivity index (χ4v) is 2.48. The van der Waals surface area contributed by atoms with E-state index in [1.54, 1.807) is 0 Å². The van der Waals surface area contributed by atoms with Gasteiger partial charge in [0.2, 0.25) is 0 Å². The smallest absolute Gasteiger partial charge is 0.310 e. The van der Waals surface area contributed by atoms with Gasteiger partial charge >= 0.3 is 5.97 Å². The average Bonchev–Trinajstić information content (AvgIpc) is 2.51. The number of nitrogens with one attached hydrogen (secondary N) is 1. The summed E-state index contributed by atoms with van der Waals surface area (Å²) in [7, 11) is 1.45. The van der Waals surface area contributed by atoms with Gasteiger partial charge in [0, 0.05) is 11.1 Å². The Morgan fingerprint density at radius 2 is 2.23 bits per heavy atom. The van der Waals surface area contributed by atoms with Gasteiger partial charge in [0.05, 0.1) is 13.0 Å². The molecular weight excluding hydrogens is 166 g/mol. The maximum atomic E-state index is 11.5. The normalized spacial score (nSPS) is 46.8. The number of carbonyl (C=O) groups is 1. The zero-order chi connectivity index (χ0) is 9.69. The highest BCUT2D eigenvalue weighted by molar-refractivity contribution is 5.76. The third-order valence-corrected chi connectivity index (χ3v) is 3.19. The zero-order valence-electron chi connectivity index (χ0n) is 8.26. The van der Waals surface area contributed by atoms with Crippen LogP contribution in [0.5, 0.6) is 0 Å². The van der Waals surface area contributed by atoms with Gasteiger partial charge < -0.3 is 4.74 Å². The van der Waals surface area contributed by atoms with Crippen molar-refractivity contribution in [2.24, 2.45) is 5.92 Å². The Bertz CT molecular complexity index is 287. The van der Waals surface area contributed by atoms with Crippen LogP contribution in [0.15, 0.2) is 12.2 Å². The van der Waals surface area contributed by atoms with Crippen LogP contribution in [0.4, 0.5) is 0 Å². The van der Waals surface area contributed by atoms with Crippen LogP contribution in [0.25, 0.3) is 0 Å². The molecule has 3 atom stereocenters. The summed E-state index contributed by atoms with van der Waals surface area (Å²) in [5, 5.41) is 3.43. The standard InChI is InChI=1S/C10H15NO2/c1-9-4-5-10(2,11-9)7(6-9)8(12)13-3/h4-5,7,11H,6H2,1-3H3. The molecule has 2 bridgehead atoms. The van der Waals surface area contributed by atoms with Crippen molar-refractivity contribution in [1.29, 1.82) is 0 Å². The summed E-state index contributed by atoms with van der Waals surface area (Å²) in [6.45, 7) is 4.15. The van der Waals surface area contributed by atoms with Gasteiger partial charge in [0.15, 0.2) is 0 Å². The summed E-state index contributed by atoms with van der Waals surface area (Å²) in [6, 6.07) is 0. The number of rotatable bonds is 1. The molecule has 13 heavy (non-hydrogen) atoms. The van der Waals surface area contributed by atoms with Crippen LogP contribution in [0.3, 0.4) is 0 Å². The molecule has 0 aromatic heterocycles. The van der Waals surface area contributed by atoms with Crippen molar-refractivity contribution in [3.8, 4) is 0 Å². The summed E-state index contributed by atoms with van der Waals surface area (Å²) in [4.78, 5) is 11.5. The lowest BCUT2D eigenvalue weighted by molar-refractivity contribution is -0.146. The Labute approximate surface area is 78.1 Å². The monoisotopic (exact) mass is 181 g/mol. The lowest BCUT2D eigenvalue weighted by atomic mass is 9.80. The van der Waals surface area contributed by atoms with Gasteiger partial charge in [-0.1, -0.05) is 12.2 Å². The number of hydrogen-bond donors (Lipinski definition) is 1. The molecule has 2 aliphatic rings. The van der Waals surface area contributed by atoms with E-state index in [2.05, 4.69) is 24.4 Å². The van der Waals surface area contributed by atoms with Crippen LogP contribution in [0.2, 0.25) is 0 Å². The highest BCUT2D eigenvalue weighted by atomic mass is 16.5. The molecule has 3 nitrogen and oxygen atoms in total. The molecule has 0 aliphatic carbocycles. The highest BCUT2D eigenvalue weighted by Crippen LogP contribution is 2.43. The largest absolute Gasteiger partial charge is 0.469 e. The zero-order valence-corrected chi connectivity index (χ0v) is 8.26. The number of ether oxygens (including phenoxy) is 1. The second-order valence-electron chi connectivity index (χ2n) is 4.44. The topological polar surface area (TPSA) is 38.3 Å². The van der Waals surface area contributed by atoms with Gasteiger partial charge in [0.25, 0.3) is 0 Å². The summed E-state index contributed by atoms with van der Waals surface area (Å²) in [5.41, 5.74) is -0.199. The van der Waals surface area contributed by atoms with E-state index in [-0.39, 0.29) is 23.0 Å². The molecule has 3 unspecified atom stereocenters. The Morgan fingerprint density at radius 3 is 2.62 bits per heavy atom. The first kappa shape index (κ1) is 8.75. The Balaban J connectivity index is 2.27. The van der Waals surface area contributed by atoms with Crippen LogP contribution in [0, 0.1) is 5.92 Å². The van der Waals surface area contributed by atoms with Crippen molar-refractivity contribution in [1.82, 2.24) is 5.32 Å². The molecule has 0 amide bonds. The molecule has 2 rings (SSSR count). The predicted molar refractivity (Wildman–Crippen MR) is 49.2 cm³/mol.